The Morgan fingerprint density at radius 1 is 1.04 bits per heavy atom. The van der Waals surface area contributed by atoms with E-state index in [9.17, 15) is 16.8 Å². The zero-order chi connectivity index (χ0) is 19.2. The number of sulfonamides is 1. The van der Waals surface area contributed by atoms with Crippen LogP contribution in [-0.2, 0) is 25.0 Å². The highest BCUT2D eigenvalue weighted by molar-refractivity contribution is 7.89. The summed E-state index contributed by atoms with van der Waals surface area (Å²) in [6.45, 7) is 3.06. The SMILES string of the molecule is COC1CCN(S(=O)(=O)NCCCNS(=O)(=O)c2ccc(C)cc2)CC1. The number of rotatable bonds is 9. The van der Waals surface area contributed by atoms with Crippen LogP contribution in [0, 0.1) is 6.92 Å². The van der Waals surface area contributed by atoms with E-state index in [2.05, 4.69) is 9.44 Å². The lowest BCUT2D eigenvalue weighted by atomic mass is 10.1. The fraction of sp³-hybridized carbons (Fsp3) is 0.625. The molecule has 0 spiro atoms. The molecule has 1 fully saturated rings. The number of hydrogen-bond acceptors (Lipinski definition) is 5. The molecule has 0 amide bonds. The molecule has 1 saturated heterocycles. The molecule has 0 saturated carbocycles. The van der Waals surface area contributed by atoms with Crippen LogP contribution in [0.3, 0.4) is 0 Å². The lowest BCUT2D eigenvalue weighted by Crippen LogP contribution is -2.46. The average molecular weight is 406 g/mol. The Hall–Kier alpha value is -1.04. The predicted octanol–water partition coefficient (Wildman–Crippen LogP) is 0.609. The van der Waals surface area contributed by atoms with Gasteiger partial charge in [-0.3, -0.25) is 0 Å². The topological polar surface area (TPSA) is 105 Å². The Bertz CT molecular complexity index is 771. The first-order valence-corrected chi connectivity index (χ1v) is 11.5. The number of benzene rings is 1. The van der Waals surface area contributed by atoms with Crippen molar-refractivity contribution >= 4 is 20.2 Å². The van der Waals surface area contributed by atoms with Gasteiger partial charge in [0.2, 0.25) is 10.0 Å². The van der Waals surface area contributed by atoms with Crippen LogP contribution in [-0.4, -0.2) is 60.5 Å². The van der Waals surface area contributed by atoms with E-state index in [1.165, 1.54) is 4.31 Å². The smallest absolute Gasteiger partial charge is 0.279 e. The highest BCUT2D eigenvalue weighted by Gasteiger charge is 2.27. The molecule has 1 aliphatic rings. The van der Waals surface area contributed by atoms with Gasteiger partial charge in [-0.25, -0.2) is 17.9 Å². The summed E-state index contributed by atoms with van der Waals surface area (Å²) in [5.74, 6) is 0. The van der Waals surface area contributed by atoms with E-state index >= 15 is 0 Å². The first-order chi connectivity index (χ1) is 12.2. The van der Waals surface area contributed by atoms with Gasteiger partial charge in [0.1, 0.15) is 0 Å². The summed E-state index contributed by atoms with van der Waals surface area (Å²) < 4.78 is 60.4. The lowest BCUT2D eigenvalue weighted by molar-refractivity contribution is 0.0602. The Morgan fingerprint density at radius 2 is 1.62 bits per heavy atom. The van der Waals surface area contributed by atoms with Crippen LogP contribution < -0.4 is 9.44 Å². The minimum absolute atomic E-state index is 0.109. The van der Waals surface area contributed by atoms with Crippen LogP contribution in [0.4, 0.5) is 0 Å². The Balaban J connectivity index is 1.73. The van der Waals surface area contributed by atoms with Gasteiger partial charge in [-0.1, -0.05) is 17.7 Å². The maximum absolute atomic E-state index is 12.2. The molecule has 0 atom stereocenters. The molecule has 1 aromatic rings. The normalized spacial score (nSPS) is 17.5. The minimum atomic E-state index is -3.57. The first-order valence-electron chi connectivity index (χ1n) is 8.58. The molecular weight excluding hydrogens is 378 g/mol. The number of hydrogen-bond donors (Lipinski definition) is 2. The third-order valence-corrected chi connectivity index (χ3v) is 7.43. The maximum Gasteiger partial charge on any atom is 0.279 e. The Kier molecular flexibility index (Phi) is 7.56. The summed E-state index contributed by atoms with van der Waals surface area (Å²) in [5, 5.41) is 0. The quantitative estimate of drug-likeness (QED) is 0.586. The number of ether oxygens (including phenoxy) is 1. The van der Waals surface area contributed by atoms with Gasteiger partial charge in [-0.2, -0.15) is 12.7 Å². The van der Waals surface area contributed by atoms with Gasteiger partial charge >= 0.3 is 0 Å². The molecule has 2 rings (SSSR count). The van der Waals surface area contributed by atoms with Crippen molar-refractivity contribution < 1.29 is 21.6 Å². The second-order valence-electron chi connectivity index (χ2n) is 6.30. The second-order valence-corrected chi connectivity index (χ2v) is 9.82. The number of aryl methyl sites for hydroxylation is 1. The van der Waals surface area contributed by atoms with Crippen molar-refractivity contribution in [3.05, 3.63) is 29.8 Å². The number of methoxy groups -OCH3 is 1. The Labute approximate surface area is 156 Å². The largest absolute Gasteiger partial charge is 0.381 e. The van der Waals surface area contributed by atoms with Gasteiger partial charge < -0.3 is 4.74 Å². The third-order valence-electron chi connectivity index (χ3n) is 4.34. The van der Waals surface area contributed by atoms with Gasteiger partial charge in [0, 0.05) is 33.3 Å². The molecule has 0 aliphatic carbocycles. The number of nitrogens with one attached hydrogen (secondary N) is 2. The molecule has 8 nitrogen and oxygen atoms in total. The van der Waals surface area contributed by atoms with Crippen molar-refractivity contribution in [2.75, 3.05) is 33.3 Å². The van der Waals surface area contributed by atoms with Crippen LogP contribution in [0.1, 0.15) is 24.8 Å². The van der Waals surface area contributed by atoms with Gasteiger partial charge in [-0.15, -0.1) is 0 Å². The van der Waals surface area contributed by atoms with E-state index < -0.39 is 20.2 Å². The fourth-order valence-electron chi connectivity index (χ4n) is 2.70. The molecule has 2 N–H and O–H groups in total. The predicted molar refractivity (Wildman–Crippen MR) is 99.5 cm³/mol. The van der Waals surface area contributed by atoms with E-state index in [1.807, 2.05) is 6.92 Å². The summed E-state index contributed by atoms with van der Waals surface area (Å²) >= 11 is 0. The van der Waals surface area contributed by atoms with Gasteiger partial charge in [0.15, 0.2) is 0 Å². The van der Waals surface area contributed by atoms with E-state index in [1.54, 1.807) is 31.4 Å². The van der Waals surface area contributed by atoms with Crippen LogP contribution in [0.25, 0.3) is 0 Å². The molecule has 0 bridgehead atoms. The van der Waals surface area contributed by atoms with Crippen LogP contribution in [0.15, 0.2) is 29.2 Å². The van der Waals surface area contributed by atoms with Crippen molar-refractivity contribution in [1.29, 1.82) is 0 Å². The number of piperidine rings is 1. The minimum Gasteiger partial charge on any atom is -0.381 e. The first kappa shape index (κ1) is 21.3. The highest BCUT2D eigenvalue weighted by atomic mass is 32.2. The van der Waals surface area contributed by atoms with E-state index in [-0.39, 0.29) is 24.1 Å². The molecular formula is C16H27N3O5S2. The third kappa shape index (κ3) is 6.00. The summed E-state index contributed by atoms with van der Waals surface area (Å²) in [4.78, 5) is 0.199. The van der Waals surface area contributed by atoms with Gasteiger partial charge in [0.05, 0.1) is 11.0 Å². The van der Waals surface area contributed by atoms with Crippen molar-refractivity contribution in [3.8, 4) is 0 Å². The standard InChI is InChI=1S/C16H27N3O5S2/c1-14-4-6-16(7-5-14)25(20,21)17-10-3-11-18-26(22,23)19-12-8-15(24-2)9-13-19/h4-7,15,17-18H,3,8-13H2,1-2H3. The van der Waals surface area contributed by atoms with Gasteiger partial charge in [0.25, 0.3) is 10.2 Å². The molecule has 0 radical (unpaired) electrons. The molecule has 0 aromatic heterocycles. The van der Waals surface area contributed by atoms with Crippen LogP contribution in [0.2, 0.25) is 0 Å². The maximum atomic E-state index is 12.2. The number of nitrogens with zero attached hydrogens (tertiary/aromatic N) is 1. The molecule has 148 valence electrons. The molecule has 10 heteroatoms. The fourth-order valence-corrected chi connectivity index (χ4v) is 5.05. The van der Waals surface area contributed by atoms with Crippen molar-refractivity contribution in [3.63, 3.8) is 0 Å². The molecule has 1 aliphatic heterocycles. The molecule has 0 unspecified atom stereocenters. The van der Waals surface area contributed by atoms with E-state index in [0.29, 0.717) is 32.4 Å². The summed E-state index contributed by atoms with van der Waals surface area (Å²) in [6, 6.07) is 6.55. The van der Waals surface area contributed by atoms with Crippen molar-refractivity contribution in [2.45, 2.75) is 37.2 Å². The lowest BCUT2D eigenvalue weighted by Gasteiger charge is -2.30. The van der Waals surface area contributed by atoms with Crippen molar-refractivity contribution in [1.82, 2.24) is 13.7 Å². The highest BCUT2D eigenvalue weighted by Crippen LogP contribution is 2.15. The van der Waals surface area contributed by atoms with E-state index in [4.69, 9.17) is 4.74 Å². The molecule has 26 heavy (non-hydrogen) atoms. The summed E-state index contributed by atoms with van der Waals surface area (Å²) in [6.07, 6.45) is 1.82. The average Bonchev–Trinajstić information content (AvgIpc) is 2.61. The molecule has 1 heterocycles. The zero-order valence-corrected chi connectivity index (χ0v) is 16.8. The monoisotopic (exact) mass is 405 g/mol. The van der Waals surface area contributed by atoms with Crippen LogP contribution in [0.5, 0.6) is 0 Å². The second kappa shape index (κ2) is 9.25. The molecule has 1 aromatic carbocycles. The van der Waals surface area contributed by atoms with E-state index in [0.717, 1.165) is 5.56 Å². The van der Waals surface area contributed by atoms with Gasteiger partial charge in [-0.05, 0) is 38.3 Å². The van der Waals surface area contributed by atoms with Crippen molar-refractivity contribution in [2.24, 2.45) is 0 Å². The summed E-state index contributed by atoms with van der Waals surface area (Å²) in [7, 11) is -5.48. The van der Waals surface area contributed by atoms with Crippen LogP contribution >= 0.6 is 0 Å². The Morgan fingerprint density at radius 3 is 2.19 bits per heavy atom. The summed E-state index contributed by atoms with van der Waals surface area (Å²) in [5.41, 5.74) is 0.980. The zero-order valence-electron chi connectivity index (χ0n) is 15.1.